The van der Waals surface area contributed by atoms with Gasteiger partial charge in [0.05, 0.1) is 46.5 Å². The highest BCUT2D eigenvalue weighted by Crippen LogP contribution is 2.58. The maximum Gasteiger partial charge on any atom is 0.407 e. The number of aliphatic hydroxyl groups is 2. The number of carbonyl (C=O) groups is 14. The van der Waals surface area contributed by atoms with Crippen LogP contribution in [-0.4, -0.2) is 253 Å². The number of ketones is 2. The van der Waals surface area contributed by atoms with E-state index in [4.69, 9.17) is 9.47 Å². The summed E-state index contributed by atoms with van der Waals surface area (Å²) in [5.74, 6) is -11.7. The molecule has 2 aromatic rings. The van der Waals surface area contributed by atoms with Crippen LogP contribution in [0, 0.1) is 29.6 Å². The number of hydrogen-bond acceptors (Lipinski definition) is 22. The van der Waals surface area contributed by atoms with E-state index in [1.807, 2.05) is 27.7 Å². The van der Waals surface area contributed by atoms with E-state index in [-0.39, 0.29) is 87.2 Å². The van der Waals surface area contributed by atoms with E-state index in [9.17, 15) is 53.4 Å². The molecular weight excluding hydrogens is 1500 g/mol. The van der Waals surface area contributed by atoms with Crippen LogP contribution >= 0.6 is 47.0 Å². The van der Waals surface area contributed by atoms with E-state index >= 15 is 24.0 Å². The Bertz CT molecular complexity index is 3590. The molecule has 2 spiro atoms. The van der Waals surface area contributed by atoms with Crippen LogP contribution < -0.4 is 42.5 Å². The van der Waals surface area contributed by atoms with Crippen molar-refractivity contribution in [1.29, 1.82) is 0 Å². The minimum atomic E-state index is -1.78. The lowest BCUT2D eigenvalue weighted by atomic mass is 9.83. The fraction of sp³-hybridized carbons (Fsp3) is 0.658. The number of aliphatic hydroxyl groups excluding tert-OH is 2. The normalized spacial score (nSPS) is 23.2. The standard InChI is InChI=1S/C76H110N12O18S4/c1-10-23-51(63(93)67(97)77-35-56(90)81-59(69(99)85(6)7)46-24-15-11-16-25-46)79-65(95)53-33-75(42-87(53)71(101)61(48-28-19-13-20-29-48)83-73(103)105-38-44(2)3)107-40-55(109-75)50(37-89)32-52(64(94)68(98)78-36-57(91)82-60(70(100)86(8)9)47-26-17-12-18-27-47)80-66(96)54-34-76(108-41-58(92)110-76)43-88(54)72(102)62(49-30-21-14-22-31-49)84-74(104)106-39-45(4)5/h11-12,15-18,24-27,44-45,48-55,58-62,89,92H,10,13-14,19-23,28-43H2,1-9H3,(H,77,97)(H,78,98)(H,79,95)(H,80,96)(H,81,90)(H,82,91)(H,83,103)(H,84,104)/t50?,51?,52?,53-,54-,55+,58?,59?,60?,61?,62?,75?,76?/m0/s1. The molecule has 2 aromatic carbocycles. The van der Waals surface area contributed by atoms with Gasteiger partial charge in [0.1, 0.15) is 41.7 Å². The lowest BCUT2D eigenvalue weighted by Crippen LogP contribution is -2.58. The number of Topliss-reactive ketones (excluding diaryl/α,β-unsaturated/α-hetero) is 2. The number of ether oxygens (including phenoxy) is 2. The van der Waals surface area contributed by atoms with Crippen LogP contribution in [0.15, 0.2) is 60.7 Å². The average Bonchev–Trinajstić information content (AvgIpc) is 1.62. The third kappa shape index (κ3) is 23.9. The number of nitrogens with zero attached hydrogens (tertiary/aromatic N) is 4. The molecule has 34 heteroatoms. The van der Waals surface area contributed by atoms with Crippen molar-refractivity contribution in [3.63, 3.8) is 0 Å². The van der Waals surface area contributed by atoms with E-state index in [0.717, 1.165) is 38.5 Å². The summed E-state index contributed by atoms with van der Waals surface area (Å²) in [5, 5.41) is 43.1. The molecule has 6 aliphatic rings. The molecule has 10 N–H and O–H groups in total. The Morgan fingerprint density at radius 2 is 0.955 bits per heavy atom. The molecule has 606 valence electrons. The van der Waals surface area contributed by atoms with Gasteiger partial charge in [0.15, 0.2) is 0 Å². The second kappa shape index (κ2) is 41.2. The number of carbonyl (C=O) groups excluding carboxylic acids is 14. The zero-order valence-electron chi connectivity index (χ0n) is 64.3. The van der Waals surface area contributed by atoms with Crippen LogP contribution in [0.1, 0.15) is 154 Å². The molecule has 2 aliphatic carbocycles. The van der Waals surface area contributed by atoms with Crippen molar-refractivity contribution in [3.8, 4) is 0 Å². The van der Waals surface area contributed by atoms with Gasteiger partial charge in [-0.25, -0.2) is 9.59 Å². The number of benzene rings is 2. The summed E-state index contributed by atoms with van der Waals surface area (Å²) in [6.07, 6.45) is 5.12. The topological polar surface area (TPSA) is 407 Å². The monoisotopic (exact) mass is 1610 g/mol. The Balaban J connectivity index is 1.09. The van der Waals surface area contributed by atoms with Crippen molar-refractivity contribution >= 4 is 130 Å². The van der Waals surface area contributed by atoms with Gasteiger partial charge in [-0.1, -0.05) is 140 Å². The Morgan fingerprint density at radius 1 is 0.545 bits per heavy atom. The molecule has 110 heavy (non-hydrogen) atoms. The molecule has 13 atom stereocenters. The maximum absolute atomic E-state index is 15.6. The highest BCUT2D eigenvalue weighted by atomic mass is 32.2. The Hall–Kier alpha value is -7.66. The predicted molar refractivity (Wildman–Crippen MR) is 417 cm³/mol. The summed E-state index contributed by atoms with van der Waals surface area (Å²) in [6.45, 7) is 6.87. The SMILES string of the molecule is CCCC(NC(=O)[C@@H]1CC2(CN1C(=O)C(NC(=O)OCC(C)C)C1CCCCC1)SC[C@H](C(CO)CC(NC(=O)[C@@H]1CC3(CN1C(=O)C(NC(=O)OCC(C)C)C1CCCCC1)SCC(O)S3)C(=O)C(=O)NCC(=O)NC(C(=O)N(C)C)c1ccccc1)S2)C(=O)C(=O)NCC(=O)NC(C(=O)N(C)C)c1ccccc1. The number of alkyl carbamates (subject to hydrolysis) is 2. The molecule has 4 aliphatic heterocycles. The van der Waals surface area contributed by atoms with Gasteiger partial charge in [0.2, 0.25) is 58.8 Å². The molecule has 12 amide bonds. The van der Waals surface area contributed by atoms with Crippen LogP contribution in [0.25, 0.3) is 0 Å². The largest absolute Gasteiger partial charge is 0.449 e. The smallest absolute Gasteiger partial charge is 0.407 e. The van der Waals surface area contributed by atoms with Crippen molar-refractivity contribution < 1.29 is 86.8 Å². The van der Waals surface area contributed by atoms with E-state index in [1.165, 1.54) is 94.8 Å². The van der Waals surface area contributed by atoms with Crippen LogP contribution in [-0.2, 0) is 67.0 Å². The van der Waals surface area contributed by atoms with Gasteiger partial charge in [-0.15, -0.1) is 47.0 Å². The minimum Gasteiger partial charge on any atom is -0.449 e. The molecule has 8 rings (SSSR count). The molecule has 6 fully saturated rings. The van der Waals surface area contributed by atoms with Crippen LogP contribution in [0.4, 0.5) is 9.59 Å². The van der Waals surface area contributed by atoms with Crippen LogP contribution in [0.5, 0.6) is 0 Å². The zero-order chi connectivity index (χ0) is 80.1. The number of nitrogens with one attached hydrogen (secondary N) is 8. The molecule has 10 unspecified atom stereocenters. The molecule has 4 heterocycles. The lowest BCUT2D eigenvalue weighted by Gasteiger charge is -2.35. The van der Waals surface area contributed by atoms with Gasteiger partial charge in [-0.05, 0) is 79.2 Å². The van der Waals surface area contributed by atoms with Crippen molar-refractivity contribution in [2.24, 2.45) is 29.6 Å². The van der Waals surface area contributed by atoms with Gasteiger partial charge in [0, 0.05) is 77.5 Å². The highest BCUT2D eigenvalue weighted by Gasteiger charge is 2.58. The van der Waals surface area contributed by atoms with Crippen molar-refractivity contribution in [2.75, 3.05) is 85.7 Å². The Kier molecular flexibility index (Phi) is 32.9. The number of likely N-dealkylation sites (N-methyl/N-ethyl adjacent to an activating group) is 2. The first-order valence-corrected chi connectivity index (χ1v) is 41.8. The molecule has 0 bridgehead atoms. The molecule has 2 saturated carbocycles. The number of hydrogen-bond donors (Lipinski definition) is 10. The number of likely N-dealkylation sites (tertiary alicyclic amines) is 2. The Labute approximate surface area is 660 Å². The second-order valence-electron chi connectivity index (χ2n) is 30.5. The molecule has 0 aromatic heterocycles. The quantitative estimate of drug-likeness (QED) is 0.0444. The fourth-order valence-electron chi connectivity index (χ4n) is 14.8. The van der Waals surface area contributed by atoms with E-state index < -0.39 is 182 Å². The summed E-state index contributed by atoms with van der Waals surface area (Å²) in [7, 11) is 6.05. The first kappa shape index (κ1) is 87.9. The zero-order valence-corrected chi connectivity index (χ0v) is 67.5. The molecule has 30 nitrogen and oxygen atoms in total. The lowest BCUT2D eigenvalue weighted by molar-refractivity contribution is -0.144. The van der Waals surface area contributed by atoms with Crippen molar-refractivity contribution in [3.05, 3.63) is 71.8 Å². The molecule has 4 saturated heterocycles. The van der Waals surface area contributed by atoms with Gasteiger partial charge in [0.25, 0.3) is 11.8 Å². The first-order chi connectivity index (χ1) is 52.4. The Morgan fingerprint density at radius 3 is 1.35 bits per heavy atom. The summed E-state index contributed by atoms with van der Waals surface area (Å²) in [5.41, 5.74) is 0.0327. The highest BCUT2D eigenvalue weighted by molar-refractivity contribution is 8.22. The van der Waals surface area contributed by atoms with Gasteiger partial charge < -0.3 is 81.8 Å². The number of thioether (sulfide) groups is 4. The summed E-state index contributed by atoms with van der Waals surface area (Å²) in [4.78, 5) is 206. The van der Waals surface area contributed by atoms with Crippen LogP contribution in [0.2, 0.25) is 0 Å². The fourth-order valence-corrected chi connectivity index (χ4v) is 22.0. The third-order valence-electron chi connectivity index (χ3n) is 20.5. The second-order valence-corrected chi connectivity index (χ2v) is 37.0. The van der Waals surface area contributed by atoms with E-state index in [2.05, 4.69) is 42.5 Å². The van der Waals surface area contributed by atoms with E-state index in [0.29, 0.717) is 36.8 Å². The first-order valence-electron chi connectivity index (χ1n) is 38.1. The van der Waals surface area contributed by atoms with Crippen molar-refractivity contribution in [2.45, 2.75) is 198 Å². The van der Waals surface area contributed by atoms with Crippen molar-refractivity contribution in [1.82, 2.24) is 62.1 Å². The number of rotatable bonds is 34. The van der Waals surface area contributed by atoms with E-state index in [1.54, 1.807) is 67.6 Å². The summed E-state index contributed by atoms with van der Waals surface area (Å²) in [6, 6.07) is 6.16. The molecule has 0 radical (unpaired) electrons. The maximum atomic E-state index is 15.6. The van der Waals surface area contributed by atoms with Crippen LogP contribution in [0.3, 0.4) is 0 Å². The summed E-state index contributed by atoms with van der Waals surface area (Å²) < 4.78 is 9.05. The summed E-state index contributed by atoms with van der Waals surface area (Å²) >= 11 is 5.17. The van der Waals surface area contributed by atoms with Gasteiger partial charge in [-0.3, -0.25) is 57.5 Å². The molecular formula is C76H110N12O18S4. The minimum absolute atomic E-state index is 0.0268. The average molecular weight is 1610 g/mol. The predicted octanol–water partition coefficient (Wildman–Crippen LogP) is 3.92. The third-order valence-corrected chi connectivity index (χ3v) is 27.7. The van der Waals surface area contributed by atoms with Gasteiger partial charge >= 0.3 is 12.2 Å². The number of amides is 12. The van der Waals surface area contributed by atoms with Gasteiger partial charge in [-0.2, -0.15) is 0 Å².